The molecule has 0 aliphatic carbocycles. The van der Waals surface area contributed by atoms with E-state index in [1.54, 1.807) is 48.4 Å². The van der Waals surface area contributed by atoms with Gasteiger partial charge in [0, 0.05) is 16.7 Å². The molecule has 0 radical (unpaired) electrons. The van der Waals surface area contributed by atoms with Gasteiger partial charge < -0.3 is 23.7 Å². The predicted octanol–water partition coefficient (Wildman–Crippen LogP) is 3.08. The second kappa shape index (κ2) is 9.05. The monoisotopic (exact) mass is 338 g/mol. The standard InChI is InChI=1S/C18H26O6/c1-8-24-18(19)11(2)9-10-13-12(3)14(20-4)16(22-6)17(23-7)15(13)21-5/h9H,8,10H2,1-7H3. The van der Waals surface area contributed by atoms with Crippen molar-refractivity contribution in [2.75, 3.05) is 35.0 Å². The highest BCUT2D eigenvalue weighted by Crippen LogP contribution is 2.49. The van der Waals surface area contributed by atoms with Crippen molar-refractivity contribution in [3.05, 3.63) is 22.8 Å². The van der Waals surface area contributed by atoms with Crippen LogP contribution in [0.4, 0.5) is 0 Å². The molecule has 0 amide bonds. The molecule has 0 heterocycles. The van der Waals surface area contributed by atoms with Crippen LogP contribution in [0.2, 0.25) is 0 Å². The van der Waals surface area contributed by atoms with E-state index in [2.05, 4.69) is 0 Å². The molecule has 6 nitrogen and oxygen atoms in total. The highest BCUT2D eigenvalue weighted by atomic mass is 16.5. The zero-order valence-electron chi connectivity index (χ0n) is 15.4. The van der Waals surface area contributed by atoms with Gasteiger partial charge >= 0.3 is 5.97 Å². The molecule has 1 rings (SSSR count). The maximum atomic E-state index is 11.8. The number of carbonyl (C=O) groups is 1. The average molecular weight is 338 g/mol. The molecular formula is C18H26O6. The van der Waals surface area contributed by atoms with Crippen LogP contribution in [-0.4, -0.2) is 41.0 Å². The summed E-state index contributed by atoms with van der Waals surface area (Å²) in [6.45, 7) is 5.75. The summed E-state index contributed by atoms with van der Waals surface area (Å²) in [4.78, 5) is 11.8. The van der Waals surface area contributed by atoms with E-state index in [4.69, 9.17) is 23.7 Å². The van der Waals surface area contributed by atoms with E-state index < -0.39 is 0 Å². The first kappa shape index (κ1) is 19.7. The lowest BCUT2D eigenvalue weighted by atomic mass is 10.00. The lowest BCUT2D eigenvalue weighted by molar-refractivity contribution is -0.138. The Bertz CT molecular complexity index is 619. The largest absolute Gasteiger partial charge is 0.492 e. The Morgan fingerprint density at radius 2 is 1.42 bits per heavy atom. The van der Waals surface area contributed by atoms with Crippen molar-refractivity contribution in [3.63, 3.8) is 0 Å². The van der Waals surface area contributed by atoms with Gasteiger partial charge in [-0.2, -0.15) is 0 Å². The lowest BCUT2D eigenvalue weighted by Gasteiger charge is -2.21. The van der Waals surface area contributed by atoms with Gasteiger partial charge in [-0.05, 0) is 27.2 Å². The topological polar surface area (TPSA) is 63.2 Å². The second-order valence-electron chi connectivity index (χ2n) is 5.05. The molecule has 0 aromatic heterocycles. The summed E-state index contributed by atoms with van der Waals surface area (Å²) in [6.07, 6.45) is 2.27. The van der Waals surface area contributed by atoms with E-state index >= 15 is 0 Å². The van der Waals surface area contributed by atoms with E-state index in [1.807, 2.05) is 6.92 Å². The summed E-state index contributed by atoms with van der Waals surface area (Å²) in [5.74, 6) is 1.73. The Hall–Kier alpha value is -2.37. The highest BCUT2D eigenvalue weighted by Gasteiger charge is 2.24. The Morgan fingerprint density at radius 3 is 1.88 bits per heavy atom. The zero-order chi connectivity index (χ0) is 18.3. The van der Waals surface area contributed by atoms with Gasteiger partial charge in [0.1, 0.15) is 0 Å². The van der Waals surface area contributed by atoms with Crippen LogP contribution in [0.1, 0.15) is 25.0 Å². The third kappa shape index (κ3) is 3.93. The molecule has 0 atom stereocenters. The van der Waals surface area contributed by atoms with Crippen LogP contribution in [-0.2, 0) is 16.0 Å². The number of ether oxygens (including phenoxy) is 5. The fourth-order valence-corrected chi connectivity index (χ4v) is 2.48. The molecule has 0 aliphatic rings. The van der Waals surface area contributed by atoms with Crippen LogP contribution in [0.3, 0.4) is 0 Å². The van der Waals surface area contributed by atoms with Gasteiger partial charge in [-0.15, -0.1) is 0 Å². The molecule has 1 aromatic carbocycles. The number of esters is 1. The number of carbonyl (C=O) groups excluding carboxylic acids is 1. The molecule has 1 aromatic rings. The number of hydrogen-bond donors (Lipinski definition) is 0. The molecule has 0 bridgehead atoms. The van der Waals surface area contributed by atoms with Crippen molar-refractivity contribution in [1.29, 1.82) is 0 Å². The summed E-state index contributed by atoms with van der Waals surface area (Å²) < 4.78 is 26.9. The first-order valence-corrected chi connectivity index (χ1v) is 7.65. The molecule has 0 aliphatic heterocycles. The summed E-state index contributed by atoms with van der Waals surface area (Å²) in [7, 11) is 6.22. The molecule has 0 fully saturated rings. The Kier molecular flexibility index (Phi) is 7.42. The van der Waals surface area contributed by atoms with Crippen molar-refractivity contribution in [1.82, 2.24) is 0 Å². The molecule has 6 heteroatoms. The van der Waals surface area contributed by atoms with Gasteiger partial charge in [0.2, 0.25) is 11.5 Å². The third-order valence-corrected chi connectivity index (χ3v) is 3.71. The van der Waals surface area contributed by atoms with E-state index in [-0.39, 0.29) is 5.97 Å². The van der Waals surface area contributed by atoms with Gasteiger partial charge in [-0.3, -0.25) is 0 Å². The minimum Gasteiger partial charge on any atom is -0.492 e. The lowest BCUT2D eigenvalue weighted by Crippen LogP contribution is -2.07. The molecule has 0 saturated heterocycles. The Labute approximate surface area is 143 Å². The summed E-state index contributed by atoms with van der Waals surface area (Å²) in [5, 5.41) is 0. The molecule has 0 N–H and O–H groups in total. The molecule has 0 spiro atoms. The van der Waals surface area contributed by atoms with E-state index in [0.29, 0.717) is 41.6 Å². The maximum Gasteiger partial charge on any atom is 0.333 e. The van der Waals surface area contributed by atoms with Crippen molar-refractivity contribution < 1.29 is 28.5 Å². The van der Waals surface area contributed by atoms with Crippen molar-refractivity contribution >= 4 is 5.97 Å². The summed E-state index contributed by atoms with van der Waals surface area (Å²) >= 11 is 0. The predicted molar refractivity (Wildman–Crippen MR) is 91.5 cm³/mol. The van der Waals surface area contributed by atoms with Gasteiger partial charge in [-0.25, -0.2) is 4.79 Å². The van der Waals surface area contributed by atoms with Gasteiger partial charge in [0.25, 0.3) is 0 Å². The van der Waals surface area contributed by atoms with Crippen LogP contribution < -0.4 is 18.9 Å². The van der Waals surface area contributed by atoms with Crippen LogP contribution in [0.25, 0.3) is 0 Å². The maximum absolute atomic E-state index is 11.8. The van der Waals surface area contributed by atoms with Gasteiger partial charge in [0.05, 0.1) is 35.0 Å². The second-order valence-corrected chi connectivity index (χ2v) is 5.05. The molecule has 134 valence electrons. The van der Waals surface area contributed by atoms with Crippen LogP contribution >= 0.6 is 0 Å². The molecule has 0 unspecified atom stereocenters. The molecule has 24 heavy (non-hydrogen) atoms. The minimum absolute atomic E-state index is 0.332. The highest BCUT2D eigenvalue weighted by molar-refractivity contribution is 5.87. The van der Waals surface area contributed by atoms with Gasteiger partial charge in [-0.1, -0.05) is 6.08 Å². The normalized spacial score (nSPS) is 11.0. The van der Waals surface area contributed by atoms with E-state index in [0.717, 1.165) is 11.1 Å². The van der Waals surface area contributed by atoms with Gasteiger partial charge in [0.15, 0.2) is 11.5 Å². The average Bonchev–Trinajstić information content (AvgIpc) is 2.59. The quantitative estimate of drug-likeness (QED) is 0.536. The zero-order valence-corrected chi connectivity index (χ0v) is 15.4. The molecular weight excluding hydrogens is 312 g/mol. The van der Waals surface area contributed by atoms with E-state index in [9.17, 15) is 4.79 Å². The minimum atomic E-state index is -0.332. The first-order valence-electron chi connectivity index (χ1n) is 7.65. The van der Waals surface area contributed by atoms with Crippen molar-refractivity contribution in [3.8, 4) is 23.0 Å². The number of methoxy groups -OCH3 is 4. The number of hydrogen-bond acceptors (Lipinski definition) is 6. The summed E-state index contributed by atoms with van der Waals surface area (Å²) in [5.41, 5.74) is 2.25. The van der Waals surface area contributed by atoms with Crippen LogP contribution in [0, 0.1) is 6.92 Å². The number of rotatable bonds is 8. The Morgan fingerprint density at radius 1 is 0.917 bits per heavy atom. The number of allylic oxidation sites excluding steroid dienone is 1. The van der Waals surface area contributed by atoms with Crippen molar-refractivity contribution in [2.45, 2.75) is 27.2 Å². The fraction of sp³-hybridized carbons (Fsp3) is 0.500. The smallest absolute Gasteiger partial charge is 0.333 e. The molecule has 0 saturated carbocycles. The van der Waals surface area contributed by atoms with Crippen LogP contribution in [0.15, 0.2) is 11.6 Å². The SMILES string of the molecule is CCOC(=O)C(C)=CCc1c(C)c(OC)c(OC)c(OC)c1OC. The third-order valence-electron chi connectivity index (χ3n) is 3.71. The fourth-order valence-electron chi connectivity index (χ4n) is 2.48. The van der Waals surface area contributed by atoms with Crippen molar-refractivity contribution in [2.24, 2.45) is 0 Å². The summed E-state index contributed by atoms with van der Waals surface area (Å²) in [6, 6.07) is 0. The first-order chi connectivity index (χ1) is 11.5. The number of benzene rings is 1. The van der Waals surface area contributed by atoms with E-state index in [1.165, 1.54) is 0 Å². The van der Waals surface area contributed by atoms with Crippen LogP contribution in [0.5, 0.6) is 23.0 Å². The Balaban J connectivity index is 3.42.